The zero-order valence-corrected chi connectivity index (χ0v) is 10.8. The Kier molecular flexibility index (Phi) is 5.74. The van der Waals surface area contributed by atoms with Gasteiger partial charge in [0.05, 0.1) is 26.4 Å². The summed E-state index contributed by atoms with van der Waals surface area (Å²) in [6, 6.07) is 0. The highest BCUT2D eigenvalue weighted by atomic mass is 16.5. The van der Waals surface area contributed by atoms with Crippen LogP contribution in [0.2, 0.25) is 0 Å². The molecule has 0 unspecified atom stereocenters. The number of ether oxygens (including phenoxy) is 1. The summed E-state index contributed by atoms with van der Waals surface area (Å²) in [6.45, 7) is 0.981. The van der Waals surface area contributed by atoms with Gasteiger partial charge < -0.3 is 31.1 Å². The molecule has 1 aromatic heterocycles. The number of hydrogen-bond donors (Lipinski definition) is 5. The van der Waals surface area contributed by atoms with Crippen molar-refractivity contribution in [3.05, 3.63) is 6.33 Å². The lowest BCUT2D eigenvalue weighted by atomic mass is 10.0. The van der Waals surface area contributed by atoms with Crippen LogP contribution in [0.4, 0.5) is 11.5 Å². The molecule has 0 atom stereocenters. The second-order valence-corrected chi connectivity index (χ2v) is 4.17. The van der Waals surface area contributed by atoms with Crippen molar-refractivity contribution >= 4 is 11.5 Å². The predicted molar refractivity (Wildman–Crippen MR) is 69.8 cm³/mol. The van der Waals surface area contributed by atoms with Gasteiger partial charge in [-0.15, -0.1) is 0 Å². The highest BCUT2D eigenvalue weighted by Crippen LogP contribution is 2.26. The lowest BCUT2D eigenvalue weighted by molar-refractivity contribution is 0.0831. The number of rotatable bonds is 8. The van der Waals surface area contributed by atoms with E-state index >= 15 is 0 Å². The van der Waals surface area contributed by atoms with Crippen molar-refractivity contribution in [1.82, 2.24) is 9.97 Å². The number of nitrogens with two attached hydrogens (primary N) is 1. The molecule has 1 rings (SSSR count). The second-order valence-electron chi connectivity index (χ2n) is 4.17. The Bertz CT molecular complexity index is 390. The van der Waals surface area contributed by atoms with Crippen molar-refractivity contribution in [2.24, 2.45) is 0 Å². The van der Waals surface area contributed by atoms with Gasteiger partial charge in [0.15, 0.2) is 5.82 Å². The maximum Gasteiger partial charge on any atom is 0.242 e. The quantitative estimate of drug-likeness (QED) is 0.406. The number of nitrogens with one attached hydrogen (secondary N) is 1. The largest absolute Gasteiger partial charge is 0.476 e. The van der Waals surface area contributed by atoms with Crippen LogP contribution in [0.1, 0.15) is 13.3 Å². The Labute approximate surface area is 111 Å². The molecule has 0 aliphatic carbocycles. The van der Waals surface area contributed by atoms with Gasteiger partial charge in [0, 0.05) is 0 Å². The Morgan fingerprint density at radius 3 is 2.42 bits per heavy atom. The van der Waals surface area contributed by atoms with Crippen LogP contribution < -0.4 is 15.8 Å². The summed E-state index contributed by atoms with van der Waals surface area (Å²) in [4.78, 5) is 7.81. The highest BCUT2D eigenvalue weighted by molar-refractivity contribution is 5.67. The molecule has 108 valence electrons. The lowest BCUT2D eigenvalue weighted by Gasteiger charge is -2.29. The van der Waals surface area contributed by atoms with Crippen LogP contribution in [-0.4, -0.2) is 57.3 Å². The van der Waals surface area contributed by atoms with Gasteiger partial charge >= 0.3 is 0 Å². The number of nitrogens with zero attached hydrogens (tertiary/aromatic N) is 2. The average molecular weight is 272 g/mol. The van der Waals surface area contributed by atoms with Crippen LogP contribution in [0.3, 0.4) is 0 Å². The number of nitrogen functional groups attached to an aromatic ring is 1. The molecule has 0 aliphatic rings. The maximum atomic E-state index is 9.24. The molecule has 1 heterocycles. The number of anilines is 2. The third-order valence-electron chi connectivity index (χ3n) is 2.58. The molecule has 0 bridgehead atoms. The summed E-state index contributed by atoms with van der Waals surface area (Å²) in [5.74, 6) is 0.417. The normalized spacial score (nSPS) is 11.4. The fourth-order valence-corrected chi connectivity index (χ4v) is 1.31. The molecule has 0 radical (unpaired) electrons. The Balaban J connectivity index is 2.94. The Hall–Kier alpha value is -1.64. The van der Waals surface area contributed by atoms with Crippen LogP contribution in [0.25, 0.3) is 0 Å². The molecule has 0 saturated heterocycles. The maximum absolute atomic E-state index is 9.24. The van der Waals surface area contributed by atoms with Crippen molar-refractivity contribution in [2.45, 2.75) is 18.9 Å². The first-order valence-corrected chi connectivity index (χ1v) is 5.96. The van der Waals surface area contributed by atoms with Crippen molar-refractivity contribution in [3.8, 4) is 5.88 Å². The fraction of sp³-hybridized carbons (Fsp3) is 0.636. The molecule has 0 aliphatic heterocycles. The molecule has 0 spiro atoms. The van der Waals surface area contributed by atoms with E-state index < -0.39 is 25.4 Å². The van der Waals surface area contributed by atoms with Gasteiger partial charge in [-0.1, -0.05) is 6.92 Å². The SMILES string of the molecule is CCCOc1ncnc(NC(CO)(CO)CO)c1N. The smallest absolute Gasteiger partial charge is 0.242 e. The van der Waals surface area contributed by atoms with E-state index in [0.717, 1.165) is 6.42 Å². The molecule has 0 aromatic carbocycles. The van der Waals surface area contributed by atoms with E-state index in [1.807, 2.05) is 6.92 Å². The summed E-state index contributed by atoms with van der Waals surface area (Å²) < 4.78 is 5.34. The molecule has 0 amide bonds. The molecular formula is C11H20N4O4. The molecule has 0 fully saturated rings. The molecule has 1 aromatic rings. The monoisotopic (exact) mass is 272 g/mol. The summed E-state index contributed by atoms with van der Waals surface area (Å²) in [6.07, 6.45) is 2.06. The molecule has 19 heavy (non-hydrogen) atoms. The number of aromatic nitrogens is 2. The van der Waals surface area contributed by atoms with Crippen molar-refractivity contribution < 1.29 is 20.1 Å². The number of hydrogen-bond acceptors (Lipinski definition) is 8. The van der Waals surface area contributed by atoms with Crippen LogP contribution in [0, 0.1) is 0 Å². The zero-order valence-electron chi connectivity index (χ0n) is 10.8. The first kappa shape index (κ1) is 15.4. The van der Waals surface area contributed by atoms with E-state index in [-0.39, 0.29) is 17.4 Å². The standard InChI is InChI=1S/C11H20N4O4/c1-2-3-19-10-8(12)9(13-7-14-10)15-11(4-16,5-17)6-18/h7,16-18H,2-6,12H2,1H3,(H,13,14,15). The predicted octanol–water partition coefficient (Wildman–Crippen LogP) is -1.02. The highest BCUT2D eigenvalue weighted by Gasteiger charge is 2.29. The lowest BCUT2D eigenvalue weighted by Crippen LogP contribution is -2.49. The molecular weight excluding hydrogens is 252 g/mol. The van der Waals surface area contributed by atoms with Gasteiger partial charge in [-0.2, -0.15) is 4.98 Å². The van der Waals surface area contributed by atoms with Gasteiger partial charge in [-0.05, 0) is 6.42 Å². The molecule has 8 nitrogen and oxygen atoms in total. The first-order chi connectivity index (χ1) is 9.12. The van der Waals surface area contributed by atoms with E-state index in [4.69, 9.17) is 10.5 Å². The average Bonchev–Trinajstić information content (AvgIpc) is 2.45. The first-order valence-electron chi connectivity index (χ1n) is 5.96. The van der Waals surface area contributed by atoms with Crippen LogP contribution in [0.15, 0.2) is 6.33 Å². The fourth-order valence-electron chi connectivity index (χ4n) is 1.31. The van der Waals surface area contributed by atoms with Gasteiger partial charge in [0.2, 0.25) is 5.88 Å². The minimum atomic E-state index is -1.30. The van der Waals surface area contributed by atoms with E-state index in [1.54, 1.807) is 0 Å². The van der Waals surface area contributed by atoms with Gasteiger partial charge in [-0.25, -0.2) is 4.98 Å². The number of aliphatic hydroxyl groups is 3. The van der Waals surface area contributed by atoms with Crippen molar-refractivity contribution in [1.29, 1.82) is 0 Å². The van der Waals surface area contributed by atoms with Gasteiger partial charge in [0.1, 0.15) is 17.6 Å². The minimum absolute atomic E-state index is 0.163. The molecule has 8 heteroatoms. The van der Waals surface area contributed by atoms with E-state index in [9.17, 15) is 15.3 Å². The summed E-state index contributed by atoms with van der Waals surface area (Å²) in [5, 5.41) is 30.4. The second kappa shape index (κ2) is 7.07. The third kappa shape index (κ3) is 3.66. The Morgan fingerprint density at radius 2 is 1.89 bits per heavy atom. The molecule has 6 N–H and O–H groups in total. The topological polar surface area (TPSA) is 134 Å². The van der Waals surface area contributed by atoms with Gasteiger partial charge in [0.25, 0.3) is 0 Å². The van der Waals surface area contributed by atoms with Crippen LogP contribution in [-0.2, 0) is 0 Å². The summed E-state index contributed by atoms with van der Waals surface area (Å²) >= 11 is 0. The molecule has 0 saturated carbocycles. The zero-order chi connectivity index (χ0) is 14.3. The number of aliphatic hydroxyl groups excluding tert-OH is 3. The Morgan fingerprint density at radius 1 is 1.26 bits per heavy atom. The van der Waals surface area contributed by atoms with E-state index in [0.29, 0.717) is 6.61 Å². The van der Waals surface area contributed by atoms with Crippen LogP contribution in [0.5, 0.6) is 5.88 Å². The van der Waals surface area contributed by atoms with Crippen LogP contribution >= 0.6 is 0 Å². The summed E-state index contributed by atoms with van der Waals surface area (Å²) in [7, 11) is 0. The van der Waals surface area contributed by atoms with Crippen molar-refractivity contribution in [2.75, 3.05) is 37.5 Å². The van der Waals surface area contributed by atoms with E-state index in [1.165, 1.54) is 6.33 Å². The third-order valence-corrected chi connectivity index (χ3v) is 2.58. The van der Waals surface area contributed by atoms with Gasteiger partial charge in [-0.3, -0.25) is 0 Å². The summed E-state index contributed by atoms with van der Waals surface area (Å²) in [5.41, 5.74) is 4.70. The van der Waals surface area contributed by atoms with E-state index in [2.05, 4.69) is 15.3 Å². The minimum Gasteiger partial charge on any atom is -0.476 e. The van der Waals surface area contributed by atoms with Crippen molar-refractivity contribution in [3.63, 3.8) is 0 Å².